The van der Waals surface area contributed by atoms with Crippen LogP contribution in [0.4, 0.5) is 11.6 Å². The highest BCUT2D eigenvalue weighted by Crippen LogP contribution is 2.34. The lowest BCUT2D eigenvalue weighted by Gasteiger charge is -2.31. The molecule has 1 aliphatic heterocycles. The SMILES string of the molecule is Cc1sc2nc(NC(=O)c3ccc(N4COc5ccc6ccccc6c5C4)cc3)nn2c1C. The van der Waals surface area contributed by atoms with E-state index in [9.17, 15) is 4.79 Å². The number of ether oxygens (including phenoxy) is 1. The van der Waals surface area contributed by atoms with E-state index in [1.807, 2.05) is 50.2 Å². The molecule has 0 atom stereocenters. The molecule has 0 aliphatic carbocycles. The predicted octanol–water partition coefficient (Wildman–Crippen LogP) is 5.17. The number of carbonyl (C=O) groups is 1. The summed E-state index contributed by atoms with van der Waals surface area (Å²) < 4.78 is 7.78. The number of nitrogens with zero attached hydrogens (tertiary/aromatic N) is 4. The summed E-state index contributed by atoms with van der Waals surface area (Å²) in [5.41, 5.74) is 3.76. The zero-order valence-electron chi connectivity index (χ0n) is 18.2. The Hall–Kier alpha value is -3.91. The lowest BCUT2D eigenvalue weighted by molar-refractivity contribution is 0.102. The molecular weight excluding hydrogens is 434 g/mol. The van der Waals surface area contributed by atoms with Gasteiger partial charge in [0.05, 0.1) is 12.2 Å². The Kier molecular flexibility index (Phi) is 4.55. The molecular formula is C25H21N5O2S. The first-order chi connectivity index (χ1) is 16.1. The quantitative estimate of drug-likeness (QED) is 0.406. The van der Waals surface area contributed by atoms with Crippen molar-refractivity contribution < 1.29 is 9.53 Å². The predicted molar refractivity (Wildman–Crippen MR) is 130 cm³/mol. The molecule has 6 rings (SSSR count). The minimum atomic E-state index is -0.236. The number of hydrogen-bond acceptors (Lipinski definition) is 6. The van der Waals surface area contributed by atoms with Crippen LogP contribution in [0.1, 0.15) is 26.5 Å². The second kappa shape index (κ2) is 7.60. The van der Waals surface area contributed by atoms with E-state index in [-0.39, 0.29) is 5.91 Å². The summed E-state index contributed by atoms with van der Waals surface area (Å²) in [6.07, 6.45) is 0. The first-order valence-corrected chi connectivity index (χ1v) is 11.5. The van der Waals surface area contributed by atoms with E-state index in [0.29, 0.717) is 18.2 Å². The van der Waals surface area contributed by atoms with Gasteiger partial charge in [0.25, 0.3) is 11.9 Å². The number of benzene rings is 3. The maximum atomic E-state index is 12.7. The van der Waals surface area contributed by atoms with Crippen molar-refractivity contribution in [1.82, 2.24) is 14.6 Å². The third-order valence-electron chi connectivity index (χ3n) is 6.09. The van der Waals surface area contributed by atoms with Crippen molar-refractivity contribution >= 4 is 44.6 Å². The number of anilines is 2. The van der Waals surface area contributed by atoms with Gasteiger partial charge < -0.3 is 9.64 Å². The standard InChI is InChI=1S/C25H21N5O2S/c1-15-16(2)33-25-27-24(28-30(15)25)26-23(31)18-7-10-19(11-8-18)29-13-21-20-6-4-3-5-17(20)9-12-22(21)32-14-29/h3-12H,13-14H2,1-2H3,(H,26,28,31). The molecule has 33 heavy (non-hydrogen) atoms. The summed E-state index contributed by atoms with van der Waals surface area (Å²) in [5.74, 6) is 1.01. The Morgan fingerprint density at radius 3 is 2.70 bits per heavy atom. The Balaban J connectivity index is 1.20. The number of aryl methyl sites for hydroxylation is 2. The number of thiazole rings is 1. The molecule has 0 saturated heterocycles. The number of hydrogen-bond donors (Lipinski definition) is 1. The van der Waals surface area contributed by atoms with Crippen molar-refractivity contribution in [3.05, 3.63) is 82.4 Å². The molecule has 0 bridgehead atoms. The number of fused-ring (bicyclic) bond motifs is 4. The van der Waals surface area contributed by atoms with Crippen LogP contribution in [0.5, 0.6) is 5.75 Å². The van der Waals surface area contributed by atoms with Gasteiger partial charge >= 0.3 is 0 Å². The second-order valence-corrected chi connectivity index (χ2v) is 9.29. The van der Waals surface area contributed by atoms with E-state index in [0.717, 1.165) is 33.5 Å². The van der Waals surface area contributed by atoms with Gasteiger partial charge in [0, 0.05) is 21.7 Å². The minimum absolute atomic E-state index is 0.236. The number of aromatic nitrogens is 3. The Morgan fingerprint density at radius 2 is 1.88 bits per heavy atom. The summed E-state index contributed by atoms with van der Waals surface area (Å²) in [6.45, 7) is 5.23. The summed E-state index contributed by atoms with van der Waals surface area (Å²) >= 11 is 1.56. The molecule has 0 radical (unpaired) electrons. The average Bonchev–Trinajstić information content (AvgIpc) is 3.36. The Bertz CT molecular complexity index is 1520. The van der Waals surface area contributed by atoms with Gasteiger partial charge in [-0.25, -0.2) is 4.52 Å². The lowest BCUT2D eigenvalue weighted by atomic mass is 10.0. The fraction of sp³-hybridized carbons (Fsp3) is 0.160. The lowest BCUT2D eigenvalue weighted by Crippen LogP contribution is -2.32. The van der Waals surface area contributed by atoms with E-state index in [1.54, 1.807) is 15.9 Å². The summed E-state index contributed by atoms with van der Waals surface area (Å²) in [6, 6.07) is 20.0. The van der Waals surface area contributed by atoms with E-state index in [1.165, 1.54) is 16.3 Å². The van der Waals surface area contributed by atoms with Crippen molar-refractivity contribution in [3.8, 4) is 5.75 Å². The minimum Gasteiger partial charge on any atom is -0.473 e. The molecule has 8 heteroatoms. The van der Waals surface area contributed by atoms with E-state index < -0.39 is 0 Å². The van der Waals surface area contributed by atoms with E-state index in [2.05, 4.69) is 44.6 Å². The van der Waals surface area contributed by atoms with Gasteiger partial charge in [0.1, 0.15) is 5.75 Å². The third kappa shape index (κ3) is 3.39. The van der Waals surface area contributed by atoms with E-state index in [4.69, 9.17) is 4.74 Å². The average molecular weight is 456 g/mol. The molecule has 5 aromatic rings. The third-order valence-corrected chi connectivity index (χ3v) is 7.14. The van der Waals surface area contributed by atoms with Crippen molar-refractivity contribution in [2.75, 3.05) is 16.9 Å². The zero-order valence-corrected chi connectivity index (χ0v) is 19.0. The smallest absolute Gasteiger partial charge is 0.258 e. The van der Waals surface area contributed by atoms with Crippen LogP contribution in [0.2, 0.25) is 0 Å². The number of nitrogens with one attached hydrogen (secondary N) is 1. The summed E-state index contributed by atoms with van der Waals surface area (Å²) in [4.78, 5) is 21.2. The van der Waals surface area contributed by atoms with Crippen molar-refractivity contribution in [3.63, 3.8) is 0 Å². The molecule has 3 heterocycles. The first-order valence-electron chi connectivity index (χ1n) is 10.7. The van der Waals surface area contributed by atoms with Crippen LogP contribution >= 0.6 is 11.3 Å². The van der Waals surface area contributed by atoms with Crippen LogP contribution in [0.25, 0.3) is 15.7 Å². The molecule has 7 nitrogen and oxygen atoms in total. The van der Waals surface area contributed by atoms with Crippen molar-refractivity contribution in [1.29, 1.82) is 0 Å². The van der Waals surface area contributed by atoms with Crippen LogP contribution in [0.3, 0.4) is 0 Å². The molecule has 2 aromatic heterocycles. The van der Waals surface area contributed by atoms with Crippen LogP contribution < -0.4 is 15.0 Å². The largest absolute Gasteiger partial charge is 0.473 e. The summed E-state index contributed by atoms with van der Waals surface area (Å²) in [5, 5.41) is 9.60. The van der Waals surface area contributed by atoms with Gasteiger partial charge in [0.15, 0.2) is 6.73 Å². The van der Waals surface area contributed by atoms with E-state index >= 15 is 0 Å². The van der Waals surface area contributed by atoms with Crippen LogP contribution in [0.15, 0.2) is 60.7 Å². The molecule has 164 valence electrons. The maximum absolute atomic E-state index is 12.7. The second-order valence-electron chi connectivity index (χ2n) is 8.11. The molecule has 1 N–H and O–H groups in total. The number of amides is 1. The highest BCUT2D eigenvalue weighted by atomic mass is 32.1. The fourth-order valence-corrected chi connectivity index (χ4v) is 5.06. The normalized spacial score (nSPS) is 13.2. The molecule has 0 saturated carbocycles. The molecule has 1 aliphatic rings. The highest BCUT2D eigenvalue weighted by molar-refractivity contribution is 7.17. The Labute approximate surface area is 194 Å². The maximum Gasteiger partial charge on any atom is 0.258 e. The monoisotopic (exact) mass is 455 g/mol. The van der Waals surface area contributed by atoms with Gasteiger partial charge in [-0.2, -0.15) is 4.98 Å². The van der Waals surface area contributed by atoms with Crippen LogP contribution in [-0.4, -0.2) is 27.2 Å². The van der Waals surface area contributed by atoms with Crippen LogP contribution in [-0.2, 0) is 6.54 Å². The van der Waals surface area contributed by atoms with Gasteiger partial charge in [-0.3, -0.25) is 10.1 Å². The van der Waals surface area contributed by atoms with Gasteiger partial charge in [-0.05, 0) is 55.0 Å². The van der Waals surface area contributed by atoms with Crippen LogP contribution in [0, 0.1) is 13.8 Å². The van der Waals surface area contributed by atoms with Crippen molar-refractivity contribution in [2.24, 2.45) is 0 Å². The Morgan fingerprint density at radius 1 is 1.06 bits per heavy atom. The zero-order chi connectivity index (χ0) is 22.5. The molecule has 0 spiro atoms. The molecule has 0 unspecified atom stereocenters. The highest BCUT2D eigenvalue weighted by Gasteiger charge is 2.20. The van der Waals surface area contributed by atoms with Gasteiger partial charge in [-0.15, -0.1) is 5.10 Å². The summed E-state index contributed by atoms with van der Waals surface area (Å²) in [7, 11) is 0. The molecule has 0 fully saturated rings. The van der Waals surface area contributed by atoms with Gasteiger partial charge in [-0.1, -0.05) is 41.7 Å². The molecule has 3 aromatic carbocycles. The molecule has 1 amide bonds. The number of carbonyl (C=O) groups excluding carboxylic acids is 1. The number of rotatable bonds is 3. The topological polar surface area (TPSA) is 71.8 Å². The fourth-order valence-electron chi connectivity index (χ4n) is 4.16. The van der Waals surface area contributed by atoms with Gasteiger partial charge in [0.2, 0.25) is 4.96 Å². The first kappa shape index (κ1) is 19.8. The van der Waals surface area contributed by atoms with Crippen molar-refractivity contribution in [2.45, 2.75) is 20.4 Å².